The normalized spacial score (nSPS) is 15.9. The molecule has 0 saturated heterocycles. The monoisotopic (exact) mass is 260 g/mol. The molecule has 0 spiro atoms. The SMILES string of the molecule is CC(C)NC(=O)[C@@H](NC(=O)C1CC1)c1ccccc1. The van der Waals surface area contributed by atoms with E-state index in [-0.39, 0.29) is 23.8 Å². The Morgan fingerprint density at radius 1 is 1.11 bits per heavy atom. The molecule has 0 heterocycles. The second kappa shape index (κ2) is 5.87. The molecule has 1 aliphatic carbocycles. The average Bonchev–Trinajstić information content (AvgIpc) is 3.20. The van der Waals surface area contributed by atoms with Gasteiger partial charge in [-0.05, 0) is 32.3 Å². The van der Waals surface area contributed by atoms with Crippen LogP contribution >= 0.6 is 0 Å². The largest absolute Gasteiger partial charge is 0.352 e. The highest BCUT2D eigenvalue weighted by Crippen LogP contribution is 2.29. The van der Waals surface area contributed by atoms with Gasteiger partial charge in [-0.15, -0.1) is 0 Å². The summed E-state index contributed by atoms with van der Waals surface area (Å²) in [5.74, 6) is -0.0824. The minimum Gasteiger partial charge on any atom is -0.352 e. The van der Waals surface area contributed by atoms with Gasteiger partial charge in [0.1, 0.15) is 6.04 Å². The molecule has 4 nitrogen and oxygen atoms in total. The lowest BCUT2D eigenvalue weighted by molar-refractivity contribution is -0.130. The summed E-state index contributed by atoms with van der Waals surface area (Å²) in [5.41, 5.74) is 0.814. The smallest absolute Gasteiger partial charge is 0.247 e. The third kappa shape index (κ3) is 3.81. The molecule has 2 rings (SSSR count). The first-order chi connectivity index (χ1) is 9.08. The Bertz CT molecular complexity index is 452. The van der Waals surface area contributed by atoms with Crippen LogP contribution in [0.1, 0.15) is 38.3 Å². The summed E-state index contributed by atoms with van der Waals surface area (Å²) in [7, 11) is 0. The highest BCUT2D eigenvalue weighted by Gasteiger charge is 2.33. The van der Waals surface area contributed by atoms with Crippen molar-refractivity contribution in [1.82, 2.24) is 10.6 Å². The molecule has 1 aliphatic rings. The van der Waals surface area contributed by atoms with Crippen LogP contribution in [0, 0.1) is 5.92 Å². The quantitative estimate of drug-likeness (QED) is 0.848. The number of carbonyl (C=O) groups excluding carboxylic acids is 2. The number of hydrogen-bond acceptors (Lipinski definition) is 2. The van der Waals surface area contributed by atoms with Crippen LogP contribution in [0.25, 0.3) is 0 Å². The molecule has 0 aliphatic heterocycles. The second-order valence-electron chi connectivity index (χ2n) is 5.29. The maximum atomic E-state index is 12.2. The van der Waals surface area contributed by atoms with Crippen LogP contribution in [0.2, 0.25) is 0 Å². The van der Waals surface area contributed by atoms with E-state index in [9.17, 15) is 9.59 Å². The van der Waals surface area contributed by atoms with Gasteiger partial charge in [0.2, 0.25) is 11.8 Å². The molecule has 19 heavy (non-hydrogen) atoms. The molecular formula is C15H20N2O2. The van der Waals surface area contributed by atoms with Crippen molar-refractivity contribution in [2.24, 2.45) is 5.92 Å². The Kier molecular flexibility index (Phi) is 4.20. The lowest BCUT2D eigenvalue weighted by Crippen LogP contribution is -2.43. The molecule has 0 radical (unpaired) electrons. The van der Waals surface area contributed by atoms with E-state index in [1.807, 2.05) is 44.2 Å². The summed E-state index contributed by atoms with van der Waals surface area (Å²) in [4.78, 5) is 24.1. The Balaban J connectivity index is 2.12. The van der Waals surface area contributed by atoms with Gasteiger partial charge >= 0.3 is 0 Å². The molecular weight excluding hydrogens is 240 g/mol. The number of amides is 2. The molecule has 1 atom stereocenters. The highest BCUT2D eigenvalue weighted by molar-refractivity contribution is 5.90. The number of benzene rings is 1. The van der Waals surface area contributed by atoms with Gasteiger partial charge in [-0.2, -0.15) is 0 Å². The molecule has 2 N–H and O–H groups in total. The van der Waals surface area contributed by atoms with Crippen molar-refractivity contribution in [2.45, 2.75) is 38.8 Å². The minimum absolute atomic E-state index is 0.0206. The van der Waals surface area contributed by atoms with Crippen LogP contribution in [-0.4, -0.2) is 17.9 Å². The van der Waals surface area contributed by atoms with Gasteiger partial charge in [-0.25, -0.2) is 0 Å². The van der Waals surface area contributed by atoms with Gasteiger partial charge < -0.3 is 10.6 Å². The fourth-order valence-electron chi connectivity index (χ4n) is 1.92. The molecule has 2 amide bonds. The molecule has 0 aromatic heterocycles. The van der Waals surface area contributed by atoms with Gasteiger partial charge in [-0.1, -0.05) is 30.3 Å². The fraction of sp³-hybridized carbons (Fsp3) is 0.467. The van der Waals surface area contributed by atoms with E-state index in [4.69, 9.17) is 0 Å². The Morgan fingerprint density at radius 3 is 2.26 bits per heavy atom. The van der Waals surface area contributed by atoms with Crippen LogP contribution in [0.3, 0.4) is 0 Å². The Hall–Kier alpha value is -1.84. The van der Waals surface area contributed by atoms with E-state index < -0.39 is 6.04 Å². The molecule has 1 aromatic rings. The molecule has 1 fully saturated rings. The zero-order chi connectivity index (χ0) is 13.8. The van der Waals surface area contributed by atoms with E-state index in [0.29, 0.717) is 0 Å². The second-order valence-corrected chi connectivity index (χ2v) is 5.29. The van der Waals surface area contributed by atoms with Gasteiger partial charge in [0.15, 0.2) is 0 Å². The lowest BCUT2D eigenvalue weighted by atomic mass is 10.1. The summed E-state index contributed by atoms with van der Waals surface area (Å²) in [5, 5.41) is 5.70. The fourth-order valence-corrected chi connectivity index (χ4v) is 1.92. The minimum atomic E-state index is -0.600. The van der Waals surface area contributed by atoms with Crippen molar-refractivity contribution in [2.75, 3.05) is 0 Å². The maximum Gasteiger partial charge on any atom is 0.247 e. The third-order valence-electron chi connectivity index (χ3n) is 3.06. The summed E-state index contributed by atoms with van der Waals surface area (Å²) in [6, 6.07) is 8.80. The topological polar surface area (TPSA) is 58.2 Å². The first-order valence-electron chi connectivity index (χ1n) is 6.73. The Morgan fingerprint density at radius 2 is 1.74 bits per heavy atom. The average molecular weight is 260 g/mol. The van der Waals surface area contributed by atoms with Crippen LogP contribution in [0.15, 0.2) is 30.3 Å². The van der Waals surface area contributed by atoms with Crippen LogP contribution in [0.4, 0.5) is 0 Å². The summed E-state index contributed by atoms with van der Waals surface area (Å²) < 4.78 is 0. The van der Waals surface area contributed by atoms with Gasteiger partial charge in [0, 0.05) is 12.0 Å². The molecule has 1 saturated carbocycles. The zero-order valence-electron chi connectivity index (χ0n) is 11.3. The number of carbonyl (C=O) groups is 2. The molecule has 102 valence electrons. The van der Waals surface area contributed by atoms with E-state index in [1.165, 1.54) is 0 Å². The maximum absolute atomic E-state index is 12.2. The van der Waals surface area contributed by atoms with Crippen molar-refractivity contribution in [1.29, 1.82) is 0 Å². The molecule has 0 unspecified atom stereocenters. The summed E-state index contributed by atoms with van der Waals surface area (Å²) in [6.45, 7) is 3.81. The van der Waals surface area contributed by atoms with Crippen LogP contribution < -0.4 is 10.6 Å². The van der Waals surface area contributed by atoms with Gasteiger partial charge in [0.25, 0.3) is 0 Å². The standard InChI is InChI=1S/C15H20N2O2/c1-10(2)16-15(19)13(11-6-4-3-5-7-11)17-14(18)12-8-9-12/h3-7,10,12-13H,8-9H2,1-2H3,(H,16,19)(H,17,18)/t13-/m0/s1. The van der Waals surface area contributed by atoms with Crippen LogP contribution in [0.5, 0.6) is 0 Å². The van der Waals surface area contributed by atoms with Crippen molar-refractivity contribution >= 4 is 11.8 Å². The van der Waals surface area contributed by atoms with E-state index >= 15 is 0 Å². The van der Waals surface area contributed by atoms with Crippen molar-refractivity contribution < 1.29 is 9.59 Å². The number of hydrogen-bond donors (Lipinski definition) is 2. The number of rotatable bonds is 5. The summed E-state index contributed by atoms with van der Waals surface area (Å²) >= 11 is 0. The Labute approximate surface area is 113 Å². The van der Waals surface area contributed by atoms with E-state index in [0.717, 1.165) is 18.4 Å². The molecule has 4 heteroatoms. The molecule has 1 aromatic carbocycles. The molecule has 0 bridgehead atoms. The predicted octanol–water partition coefficient (Wildman–Crippen LogP) is 1.78. The van der Waals surface area contributed by atoms with E-state index in [2.05, 4.69) is 10.6 Å². The van der Waals surface area contributed by atoms with Crippen molar-refractivity contribution in [3.8, 4) is 0 Å². The predicted molar refractivity (Wildman–Crippen MR) is 73.3 cm³/mol. The first-order valence-corrected chi connectivity index (χ1v) is 6.73. The number of nitrogens with one attached hydrogen (secondary N) is 2. The third-order valence-corrected chi connectivity index (χ3v) is 3.06. The van der Waals surface area contributed by atoms with Crippen molar-refractivity contribution in [3.63, 3.8) is 0 Å². The van der Waals surface area contributed by atoms with Crippen LogP contribution in [-0.2, 0) is 9.59 Å². The summed E-state index contributed by atoms with van der Waals surface area (Å²) in [6.07, 6.45) is 1.86. The highest BCUT2D eigenvalue weighted by atomic mass is 16.2. The lowest BCUT2D eigenvalue weighted by Gasteiger charge is -2.20. The zero-order valence-corrected chi connectivity index (χ0v) is 11.3. The van der Waals surface area contributed by atoms with Gasteiger partial charge in [-0.3, -0.25) is 9.59 Å². The van der Waals surface area contributed by atoms with E-state index in [1.54, 1.807) is 0 Å². The van der Waals surface area contributed by atoms with Crippen molar-refractivity contribution in [3.05, 3.63) is 35.9 Å². The van der Waals surface area contributed by atoms with Gasteiger partial charge in [0.05, 0.1) is 0 Å². The first kappa shape index (κ1) is 13.6.